The van der Waals surface area contributed by atoms with Crippen LogP contribution in [-0.4, -0.2) is 11.6 Å². The van der Waals surface area contributed by atoms with E-state index in [1.807, 2.05) is 36.4 Å². The Morgan fingerprint density at radius 1 is 0.696 bits per heavy atom. The van der Waals surface area contributed by atoms with Gasteiger partial charge in [-0.3, -0.25) is 9.59 Å². The van der Waals surface area contributed by atoms with Crippen molar-refractivity contribution in [3.63, 3.8) is 0 Å². The molecule has 5 aromatic rings. The van der Waals surface area contributed by atoms with Crippen LogP contribution >= 0.6 is 0 Å². The summed E-state index contributed by atoms with van der Waals surface area (Å²) in [6.45, 7) is 11.0. The number of hydrogen-bond donors (Lipinski definition) is 0. The van der Waals surface area contributed by atoms with Gasteiger partial charge in [-0.05, 0) is 74.8 Å². The van der Waals surface area contributed by atoms with Crippen LogP contribution in [0.5, 0.6) is 0 Å². The molecule has 0 unspecified atom stereocenters. The highest BCUT2D eigenvalue weighted by molar-refractivity contribution is 6.41. The molecular formula is C39H29F4NO2. The Morgan fingerprint density at radius 3 is 1.91 bits per heavy atom. The first kappa shape index (κ1) is 29.7. The number of para-hydroxylation sites is 1. The molecule has 46 heavy (non-hydrogen) atoms. The Kier molecular flexibility index (Phi) is 6.43. The van der Waals surface area contributed by atoms with Crippen LogP contribution in [0.1, 0.15) is 77.6 Å². The smallest absolute Gasteiger partial charge is 0.200 e. The molecule has 0 N–H and O–H groups in total. The van der Waals surface area contributed by atoms with E-state index in [-0.39, 0.29) is 5.41 Å². The van der Waals surface area contributed by atoms with Gasteiger partial charge in [0, 0.05) is 11.1 Å². The molecule has 230 valence electrons. The molecule has 7 heteroatoms. The number of halogens is 4. The third-order valence-electron chi connectivity index (χ3n) is 9.20. The monoisotopic (exact) mass is 619 g/mol. The standard InChI is InChI=1S/C39H29F4NO2/c1-38(2,3)22-13-16-27-26(19-22)39(4,5)31-24-14-11-20(17-21(24)12-15-28(31)44(27)23-9-7-6-8-10-23)18-25-36(45)29-30(37(25)46)33(41)35(43)34(42)32(29)40/h6-19H,1-5H3. The second-order valence-electron chi connectivity index (χ2n) is 13.4. The van der Waals surface area contributed by atoms with Crippen molar-refractivity contribution in [2.75, 3.05) is 4.90 Å². The van der Waals surface area contributed by atoms with E-state index in [0.717, 1.165) is 33.4 Å². The molecule has 0 saturated carbocycles. The third-order valence-corrected chi connectivity index (χ3v) is 9.20. The Balaban J connectivity index is 1.40. The highest BCUT2D eigenvalue weighted by Gasteiger charge is 2.42. The first-order valence-electron chi connectivity index (χ1n) is 15.0. The average Bonchev–Trinajstić information content (AvgIpc) is 3.27. The van der Waals surface area contributed by atoms with E-state index in [0.29, 0.717) is 5.56 Å². The van der Waals surface area contributed by atoms with Gasteiger partial charge in [-0.2, -0.15) is 0 Å². The van der Waals surface area contributed by atoms with Crippen LogP contribution in [0.25, 0.3) is 16.8 Å². The predicted octanol–water partition coefficient (Wildman–Crippen LogP) is 10.3. The van der Waals surface area contributed by atoms with Crippen molar-refractivity contribution >= 4 is 45.5 Å². The Hall–Kier alpha value is -5.04. The second-order valence-corrected chi connectivity index (χ2v) is 13.4. The first-order valence-corrected chi connectivity index (χ1v) is 15.0. The largest absolute Gasteiger partial charge is 0.310 e. The van der Waals surface area contributed by atoms with Gasteiger partial charge in [-0.25, -0.2) is 17.6 Å². The Labute approximate surface area is 263 Å². The quantitative estimate of drug-likeness (QED) is 0.0649. The lowest BCUT2D eigenvalue weighted by atomic mass is 9.70. The zero-order valence-corrected chi connectivity index (χ0v) is 25.9. The Bertz CT molecular complexity index is 2140. The normalized spacial score (nSPS) is 15.2. The van der Waals surface area contributed by atoms with E-state index in [4.69, 9.17) is 0 Å². The number of fused-ring (bicyclic) bond motifs is 5. The minimum Gasteiger partial charge on any atom is -0.310 e. The van der Waals surface area contributed by atoms with Gasteiger partial charge in [0.05, 0.1) is 28.1 Å². The van der Waals surface area contributed by atoms with Crippen LogP contribution < -0.4 is 4.90 Å². The summed E-state index contributed by atoms with van der Waals surface area (Å²) < 4.78 is 56.8. The fourth-order valence-electron chi connectivity index (χ4n) is 6.82. The second kappa shape index (κ2) is 9.98. The minimum absolute atomic E-state index is 0.0672. The third kappa shape index (κ3) is 4.17. The molecule has 1 aliphatic carbocycles. The van der Waals surface area contributed by atoms with Crippen molar-refractivity contribution < 1.29 is 27.2 Å². The van der Waals surface area contributed by atoms with Gasteiger partial charge in [0.2, 0.25) is 11.6 Å². The molecule has 0 bridgehead atoms. The summed E-state index contributed by atoms with van der Waals surface area (Å²) in [6.07, 6.45) is 1.21. The number of carbonyl (C=O) groups excluding carboxylic acids is 2. The van der Waals surface area contributed by atoms with Crippen molar-refractivity contribution in [2.24, 2.45) is 0 Å². The number of anilines is 3. The van der Waals surface area contributed by atoms with Gasteiger partial charge in [0.25, 0.3) is 0 Å². The minimum atomic E-state index is -2.13. The molecule has 3 nitrogen and oxygen atoms in total. The molecule has 0 amide bonds. The molecule has 0 radical (unpaired) electrons. The van der Waals surface area contributed by atoms with Crippen LogP contribution in [-0.2, 0) is 10.8 Å². The van der Waals surface area contributed by atoms with Crippen LogP contribution in [0, 0.1) is 23.3 Å². The van der Waals surface area contributed by atoms with Crippen molar-refractivity contribution in [1.82, 2.24) is 0 Å². The van der Waals surface area contributed by atoms with Gasteiger partial charge >= 0.3 is 0 Å². The molecule has 0 atom stereocenters. The number of allylic oxidation sites excluding steroid dienone is 1. The van der Waals surface area contributed by atoms with Crippen molar-refractivity contribution in [2.45, 2.75) is 45.4 Å². The molecule has 7 rings (SSSR count). The highest BCUT2D eigenvalue weighted by Crippen LogP contribution is 2.54. The molecule has 2 aliphatic rings. The zero-order chi connectivity index (χ0) is 32.9. The lowest BCUT2D eigenvalue weighted by molar-refractivity contribution is 0.0988. The van der Waals surface area contributed by atoms with E-state index in [2.05, 4.69) is 69.9 Å². The summed E-state index contributed by atoms with van der Waals surface area (Å²) in [6, 6.07) is 26.2. The van der Waals surface area contributed by atoms with E-state index in [1.54, 1.807) is 12.1 Å². The SMILES string of the molecule is CC(C)(C)c1ccc2c(c1)C(C)(C)c1c(ccc3cc(C=C4C(=O)c5c(F)c(F)c(F)c(F)c5C4=O)ccc13)N2c1ccccc1. The average molecular weight is 620 g/mol. The van der Waals surface area contributed by atoms with Crippen LogP contribution in [0.2, 0.25) is 0 Å². The summed E-state index contributed by atoms with van der Waals surface area (Å²) in [4.78, 5) is 28.2. The summed E-state index contributed by atoms with van der Waals surface area (Å²) in [5.74, 6) is -10.4. The Morgan fingerprint density at radius 2 is 1.30 bits per heavy atom. The maximum absolute atomic E-state index is 14.5. The van der Waals surface area contributed by atoms with Gasteiger partial charge in [-0.15, -0.1) is 0 Å². The van der Waals surface area contributed by atoms with Gasteiger partial charge in [0.15, 0.2) is 23.3 Å². The summed E-state index contributed by atoms with van der Waals surface area (Å²) in [7, 11) is 0. The molecule has 0 spiro atoms. The van der Waals surface area contributed by atoms with Gasteiger partial charge in [0.1, 0.15) is 0 Å². The maximum atomic E-state index is 14.5. The fraction of sp³-hybridized carbons (Fsp3) is 0.179. The van der Waals surface area contributed by atoms with Gasteiger partial charge < -0.3 is 4.90 Å². The van der Waals surface area contributed by atoms with Crippen LogP contribution in [0.15, 0.2) is 84.4 Å². The van der Waals surface area contributed by atoms with E-state index in [9.17, 15) is 27.2 Å². The van der Waals surface area contributed by atoms with E-state index >= 15 is 0 Å². The molecule has 0 saturated heterocycles. The number of nitrogens with zero attached hydrogens (tertiary/aromatic N) is 1. The van der Waals surface area contributed by atoms with E-state index in [1.165, 1.54) is 17.2 Å². The molecule has 1 aliphatic heterocycles. The number of carbonyl (C=O) groups is 2. The fourth-order valence-corrected chi connectivity index (χ4v) is 6.82. The van der Waals surface area contributed by atoms with Crippen LogP contribution in [0.4, 0.5) is 34.6 Å². The lowest BCUT2D eigenvalue weighted by Crippen LogP contribution is -2.31. The first-order chi connectivity index (χ1) is 21.7. The summed E-state index contributed by atoms with van der Waals surface area (Å²) in [5, 5.41) is 1.76. The summed E-state index contributed by atoms with van der Waals surface area (Å²) >= 11 is 0. The van der Waals surface area contributed by atoms with Gasteiger partial charge in [-0.1, -0.05) is 83.1 Å². The molecule has 5 aromatic carbocycles. The lowest BCUT2D eigenvalue weighted by Gasteiger charge is -2.43. The highest BCUT2D eigenvalue weighted by atomic mass is 19.2. The number of benzene rings is 5. The molecule has 1 heterocycles. The predicted molar refractivity (Wildman–Crippen MR) is 172 cm³/mol. The summed E-state index contributed by atoms with van der Waals surface area (Å²) in [5.41, 5.74) is 3.76. The van der Waals surface area contributed by atoms with Crippen LogP contribution in [0.3, 0.4) is 0 Å². The topological polar surface area (TPSA) is 37.4 Å². The molecule has 0 aromatic heterocycles. The number of rotatable bonds is 2. The maximum Gasteiger partial charge on any atom is 0.200 e. The van der Waals surface area contributed by atoms with Crippen molar-refractivity contribution in [1.29, 1.82) is 0 Å². The zero-order valence-electron chi connectivity index (χ0n) is 25.9. The van der Waals surface area contributed by atoms with E-state index < -0.39 is 57.0 Å². The molecule has 0 fully saturated rings. The molecular weight excluding hydrogens is 590 g/mol. The number of Topliss-reactive ketones (excluding diaryl/α,β-unsaturated/α-hetero) is 2. The number of hydrogen-bond acceptors (Lipinski definition) is 3. The number of ketones is 2. The van der Waals surface area contributed by atoms with Crippen molar-refractivity contribution in [3.8, 4) is 0 Å². The van der Waals surface area contributed by atoms with Crippen molar-refractivity contribution in [3.05, 3.63) is 141 Å².